The van der Waals surface area contributed by atoms with Crippen molar-refractivity contribution in [2.24, 2.45) is 0 Å². The Hall–Kier alpha value is -1.62. The first-order valence-electron chi connectivity index (χ1n) is 8.18. The molecular weight excluding hydrogens is 329 g/mol. The zero-order valence-electron chi connectivity index (χ0n) is 13.4. The molecule has 1 aliphatic rings. The summed E-state index contributed by atoms with van der Waals surface area (Å²) in [6.45, 7) is 1.82. The average Bonchev–Trinajstić information content (AvgIpc) is 3.41. The SMILES string of the molecule is OC(CN(CCOc1ccc(Cl)cc1)C1CC1)c1ccc(F)cc1. The van der Waals surface area contributed by atoms with Crippen molar-refractivity contribution < 1.29 is 14.2 Å². The second-order valence-electron chi connectivity index (χ2n) is 6.10. The van der Waals surface area contributed by atoms with E-state index in [1.165, 1.54) is 12.1 Å². The molecule has 0 spiro atoms. The molecule has 0 heterocycles. The van der Waals surface area contributed by atoms with Gasteiger partial charge in [-0.2, -0.15) is 0 Å². The predicted octanol–water partition coefficient (Wildman–Crippen LogP) is 4.06. The molecule has 128 valence electrons. The van der Waals surface area contributed by atoms with Crippen LogP contribution < -0.4 is 4.74 Å². The van der Waals surface area contributed by atoms with E-state index in [-0.39, 0.29) is 5.82 Å². The number of aliphatic hydroxyl groups excluding tert-OH is 1. The van der Waals surface area contributed by atoms with E-state index in [0.717, 1.165) is 30.7 Å². The molecule has 1 saturated carbocycles. The standard InChI is InChI=1S/C19H21ClFNO2/c20-15-3-9-18(10-4-15)24-12-11-22(17-7-8-17)13-19(23)14-1-5-16(21)6-2-14/h1-6,9-10,17,19,23H,7-8,11-13H2. The Kier molecular flexibility index (Phi) is 5.72. The smallest absolute Gasteiger partial charge is 0.123 e. The van der Waals surface area contributed by atoms with E-state index in [4.69, 9.17) is 16.3 Å². The monoisotopic (exact) mass is 349 g/mol. The topological polar surface area (TPSA) is 32.7 Å². The molecule has 3 nitrogen and oxygen atoms in total. The molecular formula is C19H21ClFNO2. The predicted molar refractivity (Wildman–Crippen MR) is 92.9 cm³/mol. The number of hydrogen-bond acceptors (Lipinski definition) is 3. The fourth-order valence-electron chi connectivity index (χ4n) is 2.69. The maximum atomic E-state index is 13.0. The maximum absolute atomic E-state index is 13.0. The number of benzene rings is 2. The van der Waals surface area contributed by atoms with E-state index < -0.39 is 6.10 Å². The molecule has 5 heteroatoms. The number of hydrogen-bond donors (Lipinski definition) is 1. The minimum atomic E-state index is -0.623. The van der Waals surface area contributed by atoms with Crippen molar-refractivity contribution in [3.63, 3.8) is 0 Å². The summed E-state index contributed by atoms with van der Waals surface area (Å²) in [5.74, 6) is 0.496. The van der Waals surface area contributed by atoms with E-state index in [1.807, 2.05) is 12.1 Å². The maximum Gasteiger partial charge on any atom is 0.123 e. The van der Waals surface area contributed by atoms with E-state index in [9.17, 15) is 9.50 Å². The molecule has 0 amide bonds. The molecule has 1 aliphatic carbocycles. The van der Waals surface area contributed by atoms with Gasteiger partial charge >= 0.3 is 0 Å². The first kappa shape index (κ1) is 17.2. The first-order valence-corrected chi connectivity index (χ1v) is 8.55. The lowest BCUT2D eigenvalue weighted by Gasteiger charge is -2.25. The largest absolute Gasteiger partial charge is 0.492 e. The molecule has 0 saturated heterocycles. The number of ether oxygens (including phenoxy) is 1. The summed E-state index contributed by atoms with van der Waals surface area (Å²) in [5.41, 5.74) is 0.737. The molecule has 24 heavy (non-hydrogen) atoms. The molecule has 1 fully saturated rings. The highest BCUT2D eigenvalue weighted by molar-refractivity contribution is 6.30. The van der Waals surface area contributed by atoms with Crippen molar-refractivity contribution in [1.29, 1.82) is 0 Å². The zero-order valence-corrected chi connectivity index (χ0v) is 14.1. The first-order chi connectivity index (χ1) is 11.6. The van der Waals surface area contributed by atoms with Gasteiger partial charge in [-0.3, -0.25) is 4.90 Å². The summed E-state index contributed by atoms with van der Waals surface area (Å²) < 4.78 is 18.7. The lowest BCUT2D eigenvalue weighted by atomic mass is 10.1. The quantitative estimate of drug-likeness (QED) is 0.780. The van der Waals surface area contributed by atoms with Crippen molar-refractivity contribution in [3.05, 3.63) is 64.9 Å². The summed E-state index contributed by atoms with van der Waals surface area (Å²) in [4.78, 5) is 2.24. The fraction of sp³-hybridized carbons (Fsp3) is 0.368. The number of halogens is 2. The van der Waals surface area contributed by atoms with Gasteiger partial charge in [0.05, 0.1) is 6.10 Å². The van der Waals surface area contributed by atoms with Crippen molar-refractivity contribution in [3.8, 4) is 5.75 Å². The highest BCUT2D eigenvalue weighted by Gasteiger charge is 2.30. The van der Waals surface area contributed by atoms with Gasteiger partial charge in [-0.05, 0) is 54.8 Å². The summed E-state index contributed by atoms with van der Waals surface area (Å²) in [5, 5.41) is 11.1. The summed E-state index contributed by atoms with van der Waals surface area (Å²) in [7, 11) is 0. The van der Waals surface area contributed by atoms with Crippen LogP contribution in [0.3, 0.4) is 0 Å². The van der Waals surface area contributed by atoms with Crippen LogP contribution in [0.5, 0.6) is 5.75 Å². The molecule has 1 N–H and O–H groups in total. The Morgan fingerprint density at radius 2 is 1.79 bits per heavy atom. The van der Waals surface area contributed by atoms with Gasteiger partial charge in [-0.15, -0.1) is 0 Å². The van der Waals surface area contributed by atoms with Gasteiger partial charge < -0.3 is 9.84 Å². The minimum Gasteiger partial charge on any atom is -0.492 e. The minimum absolute atomic E-state index is 0.290. The fourth-order valence-corrected chi connectivity index (χ4v) is 2.81. The third-order valence-electron chi connectivity index (χ3n) is 4.19. The molecule has 0 radical (unpaired) electrons. The molecule has 2 aromatic rings. The van der Waals surface area contributed by atoms with Gasteiger partial charge in [0.2, 0.25) is 0 Å². The molecule has 1 unspecified atom stereocenters. The lowest BCUT2D eigenvalue weighted by Crippen LogP contribution is -2.34. The van der Waals surface area contributed by atoms with Crippen molar-refractivity contribution in [2.75, 3.05) is 19.7 Å². The van der Waals surface area contributed by atoms with Crippen LogP contribution >= 0.6 is 11.6 Å². The van der Waals surface area contributed by atoms with Crippen LogP contribution in [-0.4, -0.2) is 35.7 Å². The van der Waals surface area contributed by atoms with Gasteiger partial charge in [0.1, 0.15) is 18.2 Å². The summed E-state index contributed by atoms with van der Waals surface area (Å²) in [6, 6.07) is 13.8. The van der Waals surface area contributed by atoms with E-state index in [2.05, 4.69) is 4.90 Å². The van der Waals surface area contributed by atoms with Crippen molar-refractivity contribution >= 4 is 11.6 Å². The number of nitrogens with zero attached hydrogens (tertiary/aromatic N) is 1. The van der Waals surface area contributed by atoms with Crippen molar-refractivity contribution in [1.82, 2.24) is 4.90 Å². The zero-order chi connectivity index (χ0) is 16.9. The van der Waals surface area contributed by atoms with Crippen LogP contribution in [0.15, 0.2) is 48.5 Å². The summed E-state index contributed by atoms with van der Waals surface area (Å²) >= 11 is 5.86. The molecule has 2 aromatic carbocycles. The second-order valence-corrected chi connectivity index (χ2v) is 6.53. The molecule has 0 bridgehead atoms. The Morgan fingerprint density at radius 3 is 2.42 bits per heavy atom. The normalized spacial score (nSPS) is 15.5. The second kappa shape index (κ2) is 7.97. The van der Waals surface area contributed by atoms with Crippen LogP contribution in [-0.2, 0) is 0 Å². The van der Waals surface area contributed by atoms with Gasteiger partial charge in [-0.1, -0.05) is 23.7 Å². The van der Waals surface area contributed by atoms with E-state index in [0.29, 0.717) is 24.2 Å². The van der Waals surface area contributed by atoms with Crippen molar-refractivity contribution in [2.45, 2.75) is 25.0 Å². The Morgan fingerprint density at radius 1 is 1.12 bits per heavy atom. The van der Waals surface area contributed by atoms with Crippen LogP contribution in [0.4, 0.5) is 4.39 Å². The Balaban J connectivity index is 1.51. The summed E-state index contributed by atoms with van der Waals surface area (Å²) in [6.07, 6.45) is 1.68. The van der Waals surface area contributed by atoms with Gasteiger partial charge in [0, 0.05) is 24.2 Å². The highest BCUT2D eigenvalue weighted by atomic mass is 35.5. The third kappa shape index (κ3) is 4.94. The number of rotatable bonds is 8. The van der Waals surface area contributed by atoms with Gasteiger partial charge in [0.25, 0.3) is 0 Å². The van der Waals surface area contributed by atoms with Gasteiger partial charge in [0.15, 0.2) is 0 Å². The van der Waals surface area contributed by atoms with Crippen LogP contribution in [0.1, 0.15) is 24.5 Å². The molecule has 0 aromatic heterocycles. The lowest BCUT2D eigenvalue weighted by molar-refractivity contribution is 0.0981. The average molecular weight is 350 g/mol. The van der Waals surface area contributed by atoms with E-state index in [1.54, 1.807) is 24.3 Å². The van der Waals surface area contributed by atoms with Crippen LogP contribution in [0.25, 0.3) is 0 Å². The highest BCUT2D eigenvalue weighted by Crippen LogP contribution is 2.28. The Labute approximate surface area is 146 Å². The van der Waals surface area contributed by atoms with E-state index >= 15 is 0 Å². The van der Waals surface area contributed by atoms with Crippen LogP contribution in [0.2, 0.25) is 5.02 Å². The van der Waals surface area contributed by atoms with Crippen LogP contribution in [0, 0.1) is 5.82 Å². The van der Waals surface area contributed by atoms with Gasteiger partial charge in [-0.25, -0.2) is 4.39 Å². The molecule has 3 rings (SSSR count). The Bertz CT molecular complexity index is 643. The number of aliphatic hydroxyl groups is 1. The molecule has 1 atom stereocenters. The molecule has 0 aliphatic heterocycles. The third-order valence-corrected chi connectivity index (χ3v) is 4.44.